The van der Waals surface area contributed by atoms with Gasteiger partial charge in [0, 0.05) is 6.54 Å². The Balaban J connectivity index is 1.72. The fraction of sp³-hybridized carbons (Fsp3) is 0.333. The molecule has 0 aromatic heterocycles. The number of hydrogen-bond acceptors (Lipinski definition) is 3. The molecule has 2 aliphatic rings. The van der Waals surface area contributed by atoms with Crippen LogP contribution in [-0.2, 0) is 16.0 Å². The number of nitrogens with one attached hydrogen (secondary N) is 1. The largest absolute Gasteiger partial charge is 0.409 e. The van der Waals surface area contributed by atoms with Gasteiger partial charge in [-0.15, -0.1) is 0 Å². The second-order valence-corrected chi connectivity index (χ2v) is 7.36. The topological polar surface area (TPSA) is 52.7 Å². The molecule has 0 saturated heterocycles. The Kier molecular flexibility index (Phi) is 5.13. The lowest BCUT2D eigenvalue weighted by molar-refractivity contribution is -0.157. The summed E-state index contributed by atoms with van der Waals surface area (Å²) in [6.07, 6.45) is -4.43. The summed E-state index contributed by atoms with van der Waals surface area (Å²) in [5.74, 6) is -2.19. The van der Waals surface area contributed by atoms with Crippen LogP contribution in [0.4, 0.5) is 34.6 Å². The lowest BCUT2D eigenvalue weighted by Gasteiger charge is -2.36. The van der Waals surface area contributed by atoms with Crippen molar-refractivity contribution in [3.63, 3.8) is 0 Å². The van der Waals surface area contributed by atoms with Gasteiger partial charge < -0.3 is 10.2 Å². The highest BCUT2D eigenvalue weighted by Crippen LogP contribution is 2.38. The zero-order valence-electron chi connectivity index (χ0n) is 15.9. The minimum atomic E-state index is -4.81. The Morgan fingerprint density at radius 1 is 1.13 bits per heavy atom. The van der Waals surface area contributed by atoms with E-state index in [0.717, 1.165) is 5.56 Å². The molecule has 1 N–H and O–H groups in total. The molecule has 2 aromatic carbocycles. The van der Waals surface area contributed by atoms with Gasteiger partial charge in [-0.1, -0.05) is 24.3 Å². The Morgan fingerprint density at radius 3 is 2.67 bits per heavy atom. The van der Waals surface area contributed by atoms with Crippen LogP contribution >= 0.6 is 0 Å². The molecule has 158 valence electrons. The van der Waals surface area contributed by atoms with Crippen molar-refractivity contribution in [2.24, 2.45) is 0 Å². The molecular formula is C21H19F4N3O2. The minimum absolute atomic E-state index is 0.0264. The van der Waals surface area contributed by atoms with Gasteiger partial charge in [-0.3, -0.25) is 14.5 Å². The number of nitrogens with zero attached hydrogens (tertiary/aromatic N) is 2. The molecule has 2 heterocycles. The molecule has 0 bridgehead atoms. The van der Waals surface area contributed by atoms with Crippen molar-refractivity contribution in [3.8, 4) is 0 Å². The smallest absolute Gasteiger partial charge is 0.360 e. The molecule has 2 aliphatic heterocycles. The lowest BCUT2D eigenvalue weighted by atomic mass is 10.0. The first-order chi connectivity index (χ1) is 14.3. The third-order valence-corrected chi connectivity index (χ3v) is 5.36. The normalized spacial score (nSPS) is 18.9. The van der Waals surface area contributed by atoms with E-state index in [0.29, 0.717) is 24.3 Å². The number of benzene rings is 2. The van der Waals surface area contributed by atoms with Crippen molar-refractivity contribution >= 4 is 28.9 Å². The van der Waals surface area contributed by atoms with Crippen LogP contribution in [0.1, 0.15) is 18.4 Å². The average Bonchev–Trinajstić information content (AvgIpc) is 2.84. The van der Waals surface area contributed by atoms with E-state index in [2.05, 4.69) is 5.32 Å². The van der Waals surface area contributed by atoms with Crippen LogP contribution in [0.5, 0.6) is 0 Å². The van der Waals surface area contributed by atoms with Crippen LogP contribution in [0.25, 0.3) is 0 Å². The fourth-order valence-corrected chi connectivity index (χ4v) is 4.08. The van der Waals surface area contributed by atoms with Crippen LogP contribution in [0, 0.1) is 5.82 Å². The molecule has 0 saturated carbocycles. The van der Waals surface area contributed by atoms with Gasteiger partial charge in [0.2, 0.25) is 11.8 Å². The number of rotatable bonds is 2. The molecule has 0 spiro atoms. The Bertz CT molecular complexity index is 992. The molecule has 0 unspecified atom stereocenters. The number of fused-ring (bicyclic) bond motifs is 2. The van der Waals surface area contributed by atoms with Crippen molar-refractivity contribution in [3.05, 3.63) is 53.8 Å². The van der Waals surface area contributed by atoms with Gasteiger partial charge in [0.15, 0.2) is 0 Å². The molecule has 9 heteroatoms. The molecule has 0 fully saturated rings. The molecule has 2 amide bonds. The Morgan fingerprint density at radius 2 is 1.90 bits per heavy atom. The first-order valence-corrected chi connectivity index (χ1v) is 9.55. The van der Waals surface area contributed by atoms with Gasteiger partial charge in [-0.25, -0.2) is 4.39 Å². The van der Waals surface area contributed by atoms with E-state index < -0.39 is 42.8 Å². The first kappa shape index (κ1) is 20.2. The summed E-state index contributed by atoms with van der Waals surface area (Å²) in [5.41, 5.74) is 1.07. The average molecular weight is 421 g/mol. The van der Waals surface area contributed by atoms with Gasteiger partial charge in [0.05, 0.1) is 30.0 Å². The van der Waals surface area contributed by atoms with Crippen LogP contribution < -0.4 is 15.1 Å². The maximum atomic E-state index is 14.4. The molecule has 1 atom stereocenters. The summed E-state index contributed by atoms with van der Waals surface area (Å²) in [6.45, 7) is -0.0773. The van der Waals surface area contributed by atoms with E-state index in [1.807, 2.05) is 0 Å². The monoisotopic (exact) mass is 421 g/mol. The second kappa shape index (κ2) is 7.62. The number of anilines is 3. The highest BCUT2D eigenvalue weighted by Gasteiger charge is 2.49. The number of hydrogen-bond donors (Lipinski definition) is 1. The van der Waals surface area contributed by atoms with Gasteiger partial charge >= 0.3 is 6.18 Å². The van der Waals surface area contributed by atoms with E-state index in [-0.39, 0.29) is 17.1 Å². The summed E-state index contributed by atoms with van der Waals surface area (Å²) in [7, 11) is 0. The number of aryl methyl sites for hydroxylation is 1. The number of carbonyl (C=O) groups is 2. The molecule has 5 nitrogen and oxygen atoms in total. The summed E-state index contributed by atoms with van der Waals surface area (Å²) >= 11 is 0. The van der Waals surface area contributed by atoms with E-state index in [4.69, 9.17) is 0 Å². The van der Waals surface area contributed by atoms with Crippen molar-refractivity contribution in [1.82, 2.24) is 0 Å². The maximum absolute atomic E-state index is 14.4. The molecule has 0 aliphatic carbocycles. The van der Waals surface area contributed by atoms with Crippen molar-refractivity contribution in [1.29, 1.82) is 0 Å². The minimum Gasteiger partial charge on any atom is -0.360 e. The van der Waals surface area contributed by atoms with Crippen LogP contribution in [0.15, 0.2) is 42.5 Å². The number of alkyl halides is 3. The molecular weight excluding hydrogens is 402 g/mol. The number of halogens is 4. The van der Waals surface area contributed by atoms with E-state index in [9.17, 15) is 27.2 Å². The zero-order valence-corrected chi connectivity index (χ0v) is 15.9. The van der Waals surface area contributed by atoms with Gasteiger partial charge in [-0.2, -0.15) is 13.2 Å². The highest BCUT2D eigenvalue weighted by atomic mass is 19.4. The fourth-order valence-electron chi connectivity index (χ4n) is 4.08. The standard InChI is InChI=1S/C21H19F4N3O2/c22-14-7-3-5-13-6-4-10-27(20(13)14)12-19(30)28-16-9-2-1-8-15(16)26-18(29)11-17(28)21(23,24)25/h1-3,5,7-9,17H,4,6,10-12H2,(H,26,29)/t17-/m1/s1. The summed E-state index contributed by atoms with van der Waals surface area (Å²) in [6, 6.07) is 8.15. The maximum Gasteiger partial charge on any atom is 0.409 e. The number of carbonyl (C=O) groups excluding carboxylic acids is 2. The highest BCUT2D eigenvalue weighted by molar-refractivity contribution is 6.05. The molecule has 30 heavy (non-hydrogen) atoms. The van der Waals surface area contributed by atoms with Crippen molar-refractivity contribution < 1.29 is 27.2 Å². The van der Waals surface area contributed by atoms with Crippen LogP contribution in [-0.4, -0.2) is 37.1 Å². The predicted octanol–water partition coefficient (Wildman–Crippen LogP) is 3.88. The lowest BCUT2D eigenvalue weighted by Crippen LogP contribution is -2.53. The third-order valence-electron chi connectivity index (χ3n) is 5.36. The van der Waals surface area contributed by atoms with Crippen molar-refractivity contribution in [2.45, 2.75) is 31.5 Å². The van der Waals surface area contributed by atoms with Crippen LogP contribution in [0.3, 0.4) is 0 Å². The van der Waals surface area contributed by atoms with Crippen LogP contribution in [0.2, 0.25) is 0 Å². The molecule has 2 aromatic rings. The van der Waals surface area contributed by atoms with Gasteiger partial charge in [-0.05, 0) is 36.6 Å². The summed E-state index contributed by atoms with van der Waals surface area (Å²) in [4.78, 5) is 27.4. The first-order valence-electron chi connectivity index (χ1n) is 9.55. The Labute approximate surface area is 170 Å². The summed E-state index contributed by atoms with van der Waals surface area (Å²) < 4.78 is 55.9. The third kappa shape index (κ3) is 3.71. The van der Waals surface area contributed by atoms with E-state index in [1.54, 1.807) is 18.2 Å². The van der Waals surface area contributed by atoms with E-state index in [1.165, 1.54) is 29.2 Å². The van der Waals surface area contributed by atoms with Gasteiger partial charge in [0.1, 0.15) is 11.9 Å². The molecule has 0 radical (unpaired) electrons. The second-order valence-electron chi connectivity index (χ2n) is 7.36. The quantitative estimate of drug-likeness (QED) is 0.749. The van der Waals surface area contributed by atoms with Gasteiger partial charge in [0.25, 0.3) is 0 Å². The number of amides is 2. The SMILES string of the molecule is O=C1C[C@H](C(F)(F)F)N(C(=O)CN2CCCc3cccc(F)c32)c2ccccc2N1. The summed E-state index contributed by atoms with van der Waals surface area (Å²) in [5, 5.41) is 2.43. The Hall–Kier alpha value is -3.10. The number of para-hydroxylation sites is 3. The zero-order chi connectivity index (χ0) is 21.5. The predicted molar refractivity (Wildman–Crippen MR) is 104 cm³/mol. The molecule has 4 rings (SSSR count). The van der Waals surface area contributed by atoms with E-state index >= 15 is 0 Å². The van der Waals surface area contributed by atoms with Crippen molar-refractivity contribution in [2.75, 3.05) is 28.2 Å².